The van der Waals surface area contributed by atoms with Gasteiger partial charge in [0.2, 0.25) is 5.91 Å². The van der Waals surface area contributed by atoms with E-state index in [1.807, 2.05) is 0 Å². The maximum Gasteiger partial charge on any atom is 0.257 e. The van der Waals surface area contributed by atoms with Crippen LogP contribution in [-0.2, 0) is 4.79 Å². The Balaban J connectivity index is 1.58. The molecule has 1 fully saturated rings. The molecule has 3 rings (SSSR count). The molecule has 0 aliphatic carbocycles. The summed E-state index contributed by atoms with van der Waals surface area (Å²) in [5, 5.41) is 28.7. The fraction of sp³-hybridized carbons (Fsp3) is 0.200. The van der Waals surface area contributed by atoms with E-state index in [4.69, 9.17) is 0 Å². The van der Waals surface area contributed by atoms with E-state index in [-0.39, 0.29) is 34.6 Å². The van der Waals surface area contributed by atoms with Crippen LogP contribution in [0.15, 0.2) is 48.5 Å². The Kier molecular flexibility index (Phi) is 5.30. The Morgan fingerprint density at radius 2 is 1.44 bits per heavy atom. The number of phenolic OH excluding ortho intramolecular Hbond substituents is 3. The number of carbonyl (C=O) groups is 2. The molecule has 2 aromatic rings. The minimum atomic E-state index is -0.258. The zero-order valence-electron chi connectivity index (χ0n) is 14.6. The van der Waals surface area contributed by atoms with Crippen LogP contribution in [0.1, 0.15) is 15.9 Å². The Morgan fingerprint density at radius 1 is 0.852 bits per heavy atom. The molecule has 0 aromatic heterocycles. The molecule has 27 heavy (non-hydrogen) atoms. The summed E-state index contributed by atoms with van der Waals surface area (Å²) in [6, 6.07) is 10.5. The first kappa shape index (κ1) is 18.3. The molecule has 2 amide bonds. The molecule has 0 bridgehead atoms. The average Bonchev–Trinajstić information content (AvgIpc) is 2.65. The van der Waals surface area contributed by atoms with Gasteiger partial charge in [-0.2, -0.15) is 0 Å². The van der Waals surface area contributed by atoms with Crippen molar-refractivity contribution >= 4 is 17.9 Å². The van der Waals surface area contributed by atoms with E-state index in [0.717, 1.165) is 0 Å². The van der Waals surface area contributed by atoms with Gasteiger partial charge in [0, 0.05) is 38.3 Å². The minimum Gasteiger partial charge on any atom is -0.508 e. The number of phenols is 3. The fourth-order valence-corrected chi connectivity index (χ4v) is 2.94. The summed E-state index contributed by atoms with van der Waals surface area (Å²) in [6.07, 6.45) is 2.88. The number of hydrogen-bond donors (Lipinski definition) is 3. The lowest BCUT2D eigenvalue weighted by molar-refractivity contribution is -0.127. The monoisotopic (exact) mass is 368 g/mol. The van der Waals surface area contributed by atoms with Crippen LogP contribution in [0.25, 0.3) is 6.08 Å². The molecule has 1 saturated heterocycles. The maximum atomic E-state index is 12.5. The van der Waals surface area contributed by atoms with E-state index in [1.54, 1.807) is 28.0 Å². The molecule has 0 saturated carbocycles. The molecule has 2 aromatic carbocycles. The molecule has 1 heterocycles. The third kappa shape index (κ3) is 4.38. The van der Waals surface area contributed by atoms with Gasteiger partial charge in [0.25, 0.3) is 5.91 Å². The summed E-state index contributed by atoms with van der Waals surface area (Å²) in [5.74, 6) is -0.700. The highest BCUT2D eigenvalue weighted by Crippen LogP contribution is 2.21. The topological polar surface area (TPSA) is 101 Å². The number of para-hydroxylation sites is 1. The summed E-state index contributed by atoms with van der Waals surface area (Å²) in [5.41, 5.74) is 0.759. The predicted octanol–water partition coefficient (Wildman–Crippen LogP) is 1.80. The summed E-state index contributed by atoms with van der Waals surface area (Å²) in [7, 11) is 0. The third-order valence-electron chi connectivity index (χ3n) is 4.36. The molecule has 7 heteroatoms. The zero-order chi connectivity index (χ0) is 19.4. The zero-order valence-corrected chi connectivity index (χ0v) is 14.6. The minimum absolute atomic E-state index is 0.0571. The second-order valence-corrected chi connectivity index (χ2v) is 6.25. The number of benzene rings is 2. The first-order chi connectivity index (χ1) is 12.9. The Hall–Kier alpha value is -3.48. The van der Waals surface area contributed by atoms with E-state index in [9.17, 15) is 24.9 Å². The number of rotatable bonds is 3. The van der Waals surface area contributed by atoms with Crippen molar-refractivity contribution in [2.45, 2.75) is 0 Å². The van der Waals surface area contributed by atoms with Crippen molar-refractivity contribution in [3.8, 4) is 17.2 Å². The number of amides is 2. The van der Waals surface area contributed by atoms with E-state index < -0.39 is 0 Å². The number of hydrogen-bond acceptors (Lipinski definition) is 5. The average molecular weight is 368 g/mol. The van der Waals surface area contributed by atoms with Crippen LogP contribution in [-0.4, -0.2) is 63.1 Å². The summed E-state index contributed by atoms with van der Waals surface area (Å²) < 4.78 is 0. The molecule has 0 unspecified atom stereocenters. The van der Waals surface area contributed by atoms with E-state index in [1.165, 1.54) is 36.4 Å². The lowest BCUT2D eigenvalue weighted by atomic mass is 10.1. The lowest BCUT2D eigenvalue weighted by Crippen LogP contribution is -2.50. The molecule has 7 nitrogen and oxygen atoms in total. The van der Waals surface area contributed by atoms with Crippen molar-refractivity contribution in [2.24, 2.45) is 0 Å². The predicted molar refractivity (Wildman–Crippen MR) is 99.4 cm³/mol. The highest BCUT2D eigenvalue weighted by atomic mass is 16.3. The van der Waals surface area contributed by atoms with E-state index in [0.29, 0.717) is 31.7 Å². The van der Waals surface area contributed by atoms with Gasteiger partial charge in [-0.25, -0.2) is 0 Å². The van der Waals surface area contributed by atoms with Gasteiger partial charge in [-0.3, -0.25) is 9.59 Å². The highest BCUT2D eigenvalue weighted by molar-refractivity contribution is 5.97. The van der Waals surface area contributed by atoms with Crippen molar-refractivity contribution in [3.05, 3.63) is 59.7 Å². The fourth-order valence-electron chi connectivity index (χ4n) is 2.94. The molecule has 1 aliphatic heterocycles. The summed E-state index contributed by atoms with van der Waals surface area (Å²) >= 11 is 0. The summed E-state index contributed by atoms with van der Waals surface area (Å²) in [4.78, 5) is 28.0. The molecule has 1 aliphatic rings. The SMILES string of the molecule is O=C(/C=C/c1cc(O)cc(O)c1)N1CCN(C(=O)c2ccccc2O)CC1. The number of nitrogens with zero attached hydrogens (tertiary/aromatic N) is 2. The van der Waals surface area contributed by atoms with Crippen LogP contribution in [0.2, 0.25) is 0 Å². The van der Waals surface area contributed by atoms with Gasteiger partial charge in [0.15, 0.2) is 0 Å². The van der Waals surface area contributed by atoms with Crippen LogP contribution in [0, 0.1) is 0 Å². The maximum absolute atomic E-state index is 12.5. The van der Waals surface area contributed by atoms with Crippen LogP contribution in [0.3, 0.4) is 0 Å². The van der Waals surface area contributed by atoms with Gasteiger partial charge in [-0.05, 0) is 35.9 Å². The Bertz CT molecular complexity index is 865. The van der Waals surface area contributed by atoms with Crippen LogP contribution in [0.5, 0.6) is 17.2 Å². The van der Waals surface area contributed by atoms with Gasteiger partial charge in [0.05, 0.1) is 5.56 Å². The quantitative estimate of drug-likeness (QED) is 0.717. The molecular formula is C20H20N2O5. The van der Waals surface area contributed by atoms with Crippen molar-refractivity contribution < 1.29 is 24.9 Å². The molecule has 3 N–H and O–H groups in total. The molecule has 0 radical (unpaired) electrons. The van der Waals surface area contributed by atoms with Crippen molar-refractivity contribution in [3.63, 3.8) is 0 Å². The first-order valence-electron chi connectivity index (χ1n) is 8.51. The van der Waals surface area contributed by atoms with Gasteiger partial charge >= 0.3 is 0 Å². The second-order valence-electron chi connectivity index (χ2n) is 6.25. The molecular weight excluding hydrogens is 348 g/mol. The third-order valence-corrected chi connectivity index (χ3v) is 4.36. The van der Waals surface area contributed by atoms with Crippen LogP contribution >= 0.6 is 0 Å². The van der Waals surface area contributed by atoms with Crippen molar-refractivity contribution in [1.29, 1.82) is 0 Å². The molecule has 140 valence electrons. The van der Waals surface area contributed by atoms with Gasteiger partial charge < -0.3 is 25.1 Å². The first-order valence-corrected chi connectivity index (χ1v) is 8.51. The largest absolute Gasteiger partial charge is 0.508 e. The number of piperazine rings is 1. The van der Waals surface area contributed by atoms with Gasteiger partial charge in [0.1, 0.15) is 17.2 Å². The normalized spacial score (nSPS) is 14.5. The standard InChI is InChI=1S/C20H20N2O5/c23-15-11-14(12-16(24)13-15)5-6-19(26)21-7-9-22(10-8-21)20(27)17-3-1-2-4-18(17)25/h1-6,11-13,23-25H,7-10H2/b6-5+. The molecule has 0 atom stereocenters. The van der Waals surface area contributed by atoms with Crippen LogP contribution in [0.4, 0.5) is 0 Å². The van der Waals surface area contributed by atoms with Gasteiger partial charge in [-0.15, -0.1) is 0 Å². The lowest BCUT2D eigenvalue weighted by Gasteiger charge is -2.34. The van der Waals surface area contributed by atoms with E-state index >= 15 is 0 Å². The Morgan fingerprint density at radius 3 is 2.07 bits per heavy atom. The number of aromatic hydroxyl groups is 3. The van der Waals surface area contributed by atoms with Gasteiger partial charge in [-0.1, -0.05) is 12.1 Å². The molecule has 0 spiro atoms. The van der Waals surface area contributed by atoms with Crippen molar-refractivity contribution in [2.75, 3.05) is 26.2 Å². The number of carbonyl (C=O) groups excluding carboxylic acids is 2. The second kappa shape index (κ2) is 7.82. The smallest absolute Gasteiger partial charge is 0.257 e. The Labute approximate surface area is 156 Å². The highest BCUT2D eigenvalue weighted by Gasteiger charge is 2.25. The summed E-state index contributed by atoms with van der Waals surface area (Å²) in [6.45, 7) is 1.51. The van der Waals surface area contributed by atoms with E-state index in [2.05, 4.69) is 0 Å². The van der Waals surface area contributed by atoms with Crippen LogP contribution < -0.4 is 0 Å². The van der Waals surface area contributed by atoms with Crippen molar-refractivity contribution in [1.82, 2.24) is 9.80 Å².